The Bertz CT molecular complexity index is 1200. The van der Waals surface area contributed by atoms with Gasteiger partial charge in [0.25, 0.3) is 10.1 Å². The number of phenolic OH excluding ortho intramolecular Hbond substituents is 2. The van der Waals surface area contributed by atoms with Gasteiger partial charge in [-0.2, -0.15) is 8.42 Å². The second-order valence-electron chi connectivity index (χ2n) is 6.07. The number of phenols is 2. The monoisotopic (exact) mass is 492 g/mol. The van der Waals surface area contributed by atoms with E-state index in [1.807, 2.05) is 0 Å². The third kappa shape index (κ3) is 3.54. The summed E-state index contributed by atoms with van der Waals surface area (Å²) in [5.74, 6) is -1.20. The highest BCUT2D eigenvalue weighted by Crippen LogP contribution is 2.53. The van der Waals surface area contributed by atoms with Gasteiger partial charge in [-0.25, -0.2) is 0 Å². The Morgan fingerprint density at radius 2 is 1.41 bits per heavy atom. The molecule has 0 bridgehead atoms. The molecule has 3 aromatic carbocycles. The molecule has 3 N–H and O–H groups in total. The first-order chi connectivity index (χ1) is 13.5. The molecule has 0 aliphatic carbocycles. The first-order valence-corrected chi connectivity index (χ1v) is 10.9. The maximum absolute atomic E-state index is 12.9. The topological polar surface area (TPSA) is 94.8 Å². The van der Waals surface area contributed by atoms with Gasteiger partial charge in [0.15, 0.2) is 10.5 Å². The average molecular weight is 494 g/mol. The van der Waals surface area contributed by atoms with E-state index in [1.165, 1.54) is 36.4 Å². The third-order valence-corrected chi connectivity index (χ3v) is 7.26. The van der Waals surface area contributed by atoms with Crippen LogP contribution in [0.15, 0.2) is 54.6 Å². The maximum atomic E-state index is 12.9. The number of aromatic hydroxyl groups is 2. The number of halogens is 4. The Morgan fingerprint density at radius 3 is 1.97 bits per heavy atom. The van der Waals surface area contributed by atoms with Crippen LogP contribution in [0.3, 0.4) is 0 Å². The van der Waals surface area contributed by atoms with E-state index >= 15 is 0 Å². The summed E-state index contributed by atoms with van der Waals surface area (Å²) in [6.07, 6.45) is 0. The van der Waals surface area contributed by atoms with Crippen molar-refractivity contribution in [1.29, 1.82) is 0 Å². The Hall–Kier alpha value is -1.67. The van der Waals surface area contributed by atoms with Crippen molar-refractivity contribution < 1.29 is 23.2 Å². The van der Waals surface area contributed by atoms with Crippen LogP contribution in [0.4, 0.5) is 0 Å². The highest BCUT2D eigenvalue weighted by Gasteiger charge is 2.52. The fourth-order valence-electron chi connectivity index (χ4n) is 3.20. The molecule has 0 saturated heterocycles. The van der Waals surface area contributed by atoms with Crippen LogP contribution in [0.2, 0.25) is 20.1 Å². The summed E-state index contributed by atoms with van der Waals surface area (Å²) in [6, 6.07) is 12.3. The van der Waals surface area contributed by atoms with Crippen molar-refractivity contribution in [2.45, 2.75) is 4.75 Å². The lowest BCUT2D eigenvalue weighted by atomic mass is 9.83. The molecule has 1 unspecified atom stereocenters. The molecule has 0 aromatic heterocycles. The van der Waals surface area contributed by atoms with Crippen molar-refractivity contribution in [3.05, 3.63) is 91.4 Å². The first-order valence-electron chi connectivity index (χ1n) is 7.90. The lowest BCUT2D eigenvalue weighted by Crippen LogP contribution is -2.38. The normalized spacial score (nSPS) is 13.8. The van der Waals surface area contributed by atoms with E-state index in [0.29, 0.717) is 0 Å². The number of hydrogen-bond donors (Lipinski definition) is 3. The van der Waals surface area contributed by atoms with Crippen LogP contribution in [0.1, 0.15) is 16.7 Å². The van der Waals surface area contributed by atoms with Gasteiger partial charge in [-0.15, -0.1) is 0 Å². The van der Waals surface area contributed by atoms with Gasteiger partial charge in [-0.1, -0.05) is 82.8 Å². The minimum atomic E-state index is -5.09. The van der Waals surface area contributed by atoms with Gasteiger partial charge in [0, 0.05) is 16.1 Å². The summed E-state index contributed by atoms with van der Waals surface area (Å²) in [5, 5.41) is 20.0. The van der Waals surface area contributed by atoms with Gasteiger partial charge in [0.05, 0.1) is 10.0 Å². The summed E-state index contributed by atoms with van der Waals surface area (Å²) >= 11 is 24.2. The van der Waals surface area contributed by atoms with Crippen molar-refractivity contribution in [1.82, 2.24) is 0 Å². The molecule has 152 valence electrons. The van der Waals surface area contributed by atoms with Crippen molar-refractivity contribution in [3.63, 3.8) is 0 Å². The van der Waals surface area contributed by atoms with Gasteiger partial charge < -0.3 is 10.2 Å². The summed E-state index contributed by atoms with van der Waals surface area (Å²) in [6.45, 7) is 0. The molecule has 3 rings (SSSR count). The van der Waals surface area contributed by atoms with Crippen LogP contribution in [0.25, 0.3) is 0 Å². The van der Waals surface area contributed by atoms with Crippen LogP contribution >= 0.6 is 46.4 Å². The molecule has 0 saturated carbocycles. The Kier molecular flexibility index (Phi) is 5.98. The zero-order valence-electron chi connectivity index (χ0n) is 14.3. The average Bonchev–Trinajstić information content (AvgIpc) is 2.65. The molecule has 0 spiro atoms. The summed E-state index contributed by atoms with van der Waals surface area (Å²) in [5.41, 5.74) is -0.535. The zero-order valence-corrected chi connectivity index (χ0v) is 18.1. The van der Waals surface area contributed by atoms with Gasteiger partial charge >= 0.3 is 0 Å². The molecule has 29 heavy (non-hydrogen) atoms. The van der Waals surface area contributed by atoms with Gasteiger partial charge in [-0.05, 0) is 23.8 Å². The predicted octanol–water partition coefficient (Wildman–Crippen LogP) is 5.89. The van der Waals surface area contributed by atoms with E-state index in [1.54, 1.807) is 6.07 Å². The van der Waals surface area contributed by atoms with E-state index in [-0.39, 0.29) is 31.8 Å². The smallest absolute Gasteiger partial charge is 0.283 e. The quantitative estimate of drug-likeness (QED) is 0.239. The molecule has 0 fully saturated rings. The molecule has 5 nitrogen and oxygen atoms in total. The second kappa shape index (κ2) is 7.87. The van der Waals surface area contributed by atoms with E-state index in [2.05, 4.69) is 0 Å². The molecule has 0 amide bonds. The molecule has 1 atom stereocenters. The van der Waals surface area contributed by atoms with Crippen molar-refractivity contribution in [2.24, 2.45) is 0 Å². The summed E-state index contributed by atoms with van der Waals surface area (Å²) in [7, 11) is -5.09. The Balaban J connectivity index is 2.62. The van der Waals surface area contributed by atoms with Gasteiger partial charge in [0.1, 0.15) is 10.8 Å². The Labute approximate surface area is 186 Å². The number of rotatable bonds is 4. The van der Waals surface area contributed by atoms with Crippen molar-refractivity contribution in [2.75, 3.05) is 0 Å². The van der Waals surface area contributed by atoms with Crippen LogP contribution in [-0.2, 0) is 14.9 Å². The molecule has 0 radical (unpaired) electrons. The first kappa shape index (κ1) is 22.0. The zero-order chi connectivity index (χ0) is 21.6. The van der Waals surface area contributed by atoms with Crippen LogP contribution < -0.4 is 0 Å². The number of hydrogen-bond acceptors (Lipinski definition) is 4. The van der Waals surface area contributed by atoms with Crippen molar-refractivity contribution in [3.8, 4) is 11.5 Å². The van der Waals surface area contributed by atoms with Gasteiger partial charge in [-0.3, -0.25) is 4.55 Å². The SMILES string of the molecule is O=S(=O)(O)C(c1ccccc1)(c1ccc(Cl)cc1O)c1cc(Cl)c(Cl)c(O)c1Cl. The summed E-state index contributed by atoms with van der Waals surface area (Å²) < 4.78 is 33.9. The van der Waals surface area contributed by atoms with E-state index < -0.39 is 31.4 Å². The second-order valence-corrected chi connectivity index (χ2v) is 9.23. The molecular weight excluding hydrogens is 482 g/mol. The van der Waals surface area contributed by atoms with E-state index in [0.717, 1.165) is 12.1 Å². The van der Waals surface area contributed by atoms with Crippen LogP contribution in [0.5, 0.6) is 11.5 Å². The minimum Gasteiger partial charge on any atom is -0.508 e. The molecule has 0 heterocycles. The fraction of sp³-hybridized carbons (Fsp3) is 0.0526. The molecular formula is C19H12Cl4O5S. The van der Waals surface area contributed by atoms with E-state index in [9.17, 15) is 23.2 Å². The molecule has 0 aliphatic rings. The van der Waals surface area contributed by atoms with Gasteiger partial charge in [0.2, 0.25) is 0 Å². The number of benzene rings is 3. The lowest BCUT2D eigenvalue weighted by molar-refractivity contribution is 0.439. The molecule has 3 aromatic rings. The largest absolute Gasteiger partial charge is 0.508 e. The third-order valence-electron chi connectivity index (χ3n) is 4.42. The minimum absolute atomic E-state index is 0.0276. The highest BCUT2D eigenvalue weighted by atomic mass is 35.5. The molecule has 10 heteroatoms. The highest BCUT2D eigenvalue weighted by molar-refractivity contribution is 7.87. The molecule has 0 aliphatic heterocycles. The van der Waals surface area contributed by atoms with Crippen LogP contribution in [0, 0.1) is 0 Å². The van der Waals surface area contributed by atoms with E-state index in [4.69, 9.17) is 46.4 Å². The summed E-state index contributed by atoms with van der Waals surface area (Å²) in [4.78, 5) is 0. The Morgan fingerprint density at radius 1 is 0.793 bits per heavy atom. The standard InChI is InChI=1S/C19H12Cl4O5S/c20-11-6-7-12(15(24)8-11)19(29(26,27)28,10-4-2-1-3-5-10)13-9-14(21)17(23)18(25)16(13)22/h1-9,24-25H,(H,26,27,28). The van der Waals surface area contributed by atoms with Crippen molar-refractivity contribution >= 4 is 56.5 Å². The maximum Gasteiger partial charge on any atom is 0.283 e. The lowest BCUT2D eigenvalue weighted by Gasteiger charge is -2.34. The predicted molar refractivity (Wildman–Crippen MR) is 114 cm³/mol. The fourth-order valence-corrected chi connectivity index (χ4v) is 5.44. The van der Waals surface area contributed by atoms with Crippen LogP contribution in [-0.4, -0.2) is 23.2 Å².